The normalized spacial score (nSPS) is 12.7. The van der Waals surface area contributed by atoms with Gasteiger partial charge in [0.25, 0.3) is 0 Å². The maximum Gasteiger partial charge on any atom is 0.145 e. The summed E-state index contributed by atoms with van der Waals surface area (Å²) in [5.74, 6) is 1.75. The van der Waals surface area contributed by atoms with Crippen molar-refractivity contribution < 1.29 is 9.47 Å². The van der Waals surface area contributed by atoms with Gasteiger partial charge in [0.2, 0.25) is 0 Å². The number of benzene rings is 1. The number of hydrogen-bond acceptors (Lipinski definition) is 6. The summed E-state index contributed by atoms with van der Waals surface area (Å²) >= 11 is 0. The lowest BCUT2D eigenvalue weighted by Gasteiger charge is -2.21. The average Bonchev–Trinajstić information content (AvgIpc) is 2.98. The Morgan fingerprint density at radius 3 is 2.77 bits per heavy atom. The van der Waals surface area contributed by atoms with E-state index in [1.54, 1.807) is 20.4 Å². The van der Waals surface area contributed by atoms with Gasteiger partial charge in [-0.05, 0) is 23.3 Å². The lowest BCUT2D eigenvalue weighted by molar-refractivity contribution is 0.394. The number of nitrogens with two attached hydrogens (primary N) is 1. The van der Waals surface area contributed by atoms with Crippen molar-refractivity contribution >= 4 is 11.5 Å². The molecular formula is C16H16N4O2. The first kappa shape index (κ1) is 14.0. The Hall–Kier alpha value is -2.94. The molecule has 0 unspecified atom stereocenters. The quantitative estimate of drug-likeness (QED) is 0.933. The predicted molar refractivity (Wildman–Crippen MR) is 82.8 cm³/mol. The molecule has 0 saturated heterocycles. The second-order valence-corrected chi connectivity index (χ2v) is 5.03. The molecule has 6 nitrogen and oxygen atoms in total. The molecule has 3 rings (SSSR count). The first-order valence-electron chi connectivity index (χ1n) is 6.81. The van der Waals surface area contributed by atoms with E-state index in [-0.39, 0.29) is 5.82 Å². The standard InChI is InChI=1S/C16H16N4O2/c1-21-11-3-4-14(15(5-11)22-2)20-8-10-7-19-16(18)12(6-17)13(10)9-20/h3-5,7H,8-9H2,1-2H3,(H2,18,19). The third-order valence-electron chi connectivity index (χ3n) is 3.85. The van der Waals surface area contributed by atoms with E-state index in [1.165, 1.54) is 0 Å². The van der Waals surface area contributed by atoms with Crippen LogP contribution in [0.3, 0.4) is 0 Å². The molecule has 0 saturated carbocycles. The third kappa shape index (κ3) is 2.17. The molecule has 1 aliphatic heterocycles. The number of aromatic nitrogens is 1. The molecule has 0 radical (unpaired) electrons. The molecule has 0 bridgehead atoms. The van der Waals surface area contributed by atoms with Crippen LogP contribution in [0.25, 0.3) is 0 Å². The lowest BCUT2D eigenvalue weighted by atomic mass is 10.1. The smallest absolute Gasteiger partial charge is 0.145 e. The van der Waals surface area contributed by atoms with Gasteiger partial charge in [0.05, 0.1) is 25.5 Å². The molecule has 22 heavy (non-hydrogen) atoms. The second-order valence-electron chi connectivity index (χ2n) is 5.03. The van der Waals surface area contributed by atoms with Crippen LogP contribution < -0.4 is 20.1 Å². The summed E-state index contributed by atoms with van der Waals surface area (Å²) in [6.07, 6.45) is 1.74. The fraction of sp³-hybridized carbons (Fsp3) is 0.250. The minimum absolute atomic E-state index is 0.282. The highest BCUT2D eigenvalue weighted by molar-refractivity contribution is 5.66. The summed E-state index contributed by atoms with van der Waals surface area (Å²) in [6.45, 7) is 1.27. The van der Waals surface area contributed by atoms with Crippen LogP contribution in [0.4, 0.5) is 11.5 Å². The van der Waals surface area contributed by atoms with Gasteiger partial charge in [0, 0.05) is 25.4 Å². The molecule has 6 heteroatoms. The Balaban J connectivity index is 1.99. The molecule has 0 amide bonds. The lowest BCUT2D eigenvalue weighted by Crippen LogP contribution is -2.15. The zero-order chi connectivity index (χ0) is 15.7. The molecule has 0 spiro atoms. The van der Waals surface area contributed by atoms with E-state index in [0.717, 1.165) is 28.3 Å². The van der Waals surface area contributed by atoms with Crippen LogP contribution in [0.5, 0.6) is 11.5 Å². The summed E-state index contributed by atoms with van der Waals surface area (Å²) in [4.78, 5) is 6.23. The van der Waals surface area contributed by atoms with Crippen molar-refractivity contribution in [3.63, 3.8) is 0 Å². The van der Waals surface area contributed by atoms with Gasteiger partial charge < -0.3 is 20.1 Å². The van der Waals surface area contributed by atoms with Crippen molar-refractivity contribution in [2.24, 2.45) is 0 Å². The summed E-state index contributed by atoms with van der Waals surface area (Å²) in [6, 6.07) is 7.83. The molecule has 2 N–H and O–H groups in total. The molecule has 0 atom stereocenters. The van der Waals surface area contributed by atoms with Gasteiger partial charge in [-0.15, -0.1) is 0 Å². The summed E-state index contributed by atoms with van der Waals surface area (Å²) in [7, 11) is 3.25. The van der Waals surface area contributed by atoms with Crippen LogP contribution in [0.1, 0.15) is 16.7 Å². The van der Waals surface area contributed by atoms with Crippen molar-refractivity contribution in [2.45, 2.75) is 13.1 Å². The molecule has 112 valence electrons. The SMILES string of the molecule is COc1ccc(N2Cc3cnc(N)c(C#N)c3C2)c(OC)c1. The van der Waals surface area contributed by atoms with Crippen LogP contribution in [-0.2, 0) is 13.1 Å². The van der Waals surface area contributed by atoms with E-state index >= 15 is 0 Å². The predicted octanol–water partition coefficient (Wildman–Crippen LogP) is 2.07. The highest BCUT2D eigenvalue weighted by atomic mass is 16.5. The van der Waals surface area contributed by atoms with Gasteiger partial charge in [0.15, 0.2) is 0 Å². The van der Waals surface area contributed by atoms with Gasteiger partial charge in [-0.25, -0.2) is 4.98 Å². The number of nitrogen functional groups attached to an aromatic ring is 1. The average molecular weight is 296 g/mol. The second kappa shape index (κ2) is 5.45. The summed E-state index contributed by atoms with van der Waals surface area (Å²) in [5, 5.41) is 9.28. The minimum atomic E-state index is 0.282. The van der Waals surface area contributed by atoms with Gasteiger partial charge in [0.1, 0.15) is 23.4 Å². The van der Waals surface area contributed by atoms with Crippen molar-refractivity contribution in [3.05, 3.63) is 41.1 Å². The number of methoxy groups -OCH3 is 2. The van der Waals surface area contributed by atoms with E-state index in [0.29, 0.717) is 18.7 Å². The van der Waals surface area contributed by atoms with Gasteiger partial charge >= 0.3 is 0 Å². The van der Waals surface area contributed by atoms with Crippen LogP contribution >= 0.6 is 0 Å². The number of ether oxygens (including phenoxy) is 2. The Bertz CT molecular complexity index is 767. The van der Waals surface area contributed by atoms with Crippen molar-refractivity contribution in [1.82, 2.24) is 4.98 Å². The van der Waals surface area contributed by atoms with Crippen LogP contribution in [0.2, 0.25) is 0 Å². The number of anilines is 2. The number of rotatable bonds is 3. The van der Waals surface area contributed by atoms with E-state index < -0.39 is 0 Å². The molecule has 0 aliphatic carbocycles. The molecule has 2 aromatic rings. The monoisotopic (exact) mass is 296 g/mol. The summed E-state index contributed by atoms with van der Waals surface area (Å²) < 4.78 is 10.7. The summed E-state index contributed by atoms with van der Waals surface area (Å²) in [5.41, 5.74) is 9.16. The zero-order valence-electron chi connectivity index (χ0n) is 12.5. The Morgan fingerprint density at radius 2 is 2.09 bits per heavy atom. The third-order valence-corrected chi connectivity index (χ3v) is 3.85. The van der Waals surface area contributed by atoms with Gasteiger partial charge in [-0.1, -0.05) is 0 Å². The number of fused-ring (bicyclic) bond motifs is 1. The highest BCUT2D eigenvalue weighted by Gasteiger charge is 2.26. The minimum Gasteiger partial charge on any atom is -0.497 e. The molecule has 2 heterocycles. The van der Waals surface area contributed by atoms with E-state index in [2.05, 4.69) is 16.0 Å². The fourth-order valence-electron chi connectivity index (χ4n) is 2.72. The van der Waals surface area contributed by atoms with Crippen LogP contribution in [0, 0.1) is 11.3 Å². The number of nitriles is 1. The Labute approximate surface area is 128 Å². The molecule has 1 aromatic heterocycles. The number of nitrogens with zero attached hydrogens (tertiary/aromatic N) is 3. The zero-order valence-corrected chi connectivity index (χ0v) is 12.5. The van der Waals surface area contributed by atoms with Crippen molar-refractivity contribution in [1.29, 1.82) is 5.26 Å². The molecular weight excluding hydrogens is 280 g/mol. The van der Waals surface area contributed by atoms with Gasteiger partial charge in [-0.3, -0.25) is 0 Å². The van der Waals surface area contributed by atoms with Crippen molar-refractivity contribution in [3.8, 4) is 17.6 Å². The van der Waals surface area contributed by atoms with E-state index in [9.17, 15) is 5.26 Å². The van der Waals surface area contributed by atoms with Crippen LogP contribution in [0.15, 0.2) is 24.4 Å². The number of hydrogen-bond donors (Lipinski definition) is 1. The molecule has 0 fully saturated rings. The van der Waals surface area contributed by atoms with Crippen LogP contribution in [-0.4, -0.2) is 19.2 Å². The number of pyridine rings is 1. The fourth-order valence-corrected chi connectivity index (χ4v) is 2.72. The molecule has 1 aliphatic rings. The van der Waals surface area contributed by atoms with E-state index in [4.69, 9.17) is 15.2 Å². The topological polar surface area (TPSA) is 84.4 Å². The van der Waals surface area contributed by atoms with Crippen molar-refractivity contribution in [2.75, 3.05) is 24.9 Å². The Morgan fingerprint density at radius 1 is 1.27 bits per heavy atom. The maximum atomic E-state index is 9.28. The first-order valence-corrected chi connectivity index (χ1v) is 6.81. The highest BCUT2D eigenvalue weighted by Crippen LogP contribution is 2.38. The largest absolute Gasteiger partial charge is 0.497 e. The van der Waals surface area contributed by atoms with E-state index in [1.807, 2.05) is 18.2 Å². The first-order chi connectivity index (χ1) is 10.7. The Kier molecular flexibility index (Phi) is 3.47. The maximum absolute atomic E-state index is 9.28. The molecule has 1 aromatic carbocycles. The van der Waals surface area contributed by atoms with Gasteiger partial charge in [-0.2, -0.15) is 5.26 Å².